The molecule has 0 atom stereocenters. The number of aryl methyl sites for hydroxylation is 2. The Morgan fingerprint density at radius 3 is 2.60 bits per heavy atom. The lowest BCUT2D eigenvalue weighted by atomic mass is 10.2. The van der Waals surface area contributed by atoms with E-state index in [1.807, 2.05) is 6.07 Å². The number of nitrogens with zero attached hydrogens (tertiary/aromatic N) is 1. The second-order valence-corrected chi connectivity index (χ2v) is 8.52. The van der Waals surface area contributed by atoms with Crippen molar-refractivity contribution in [2.45, 2.75) is 33.9 Å². The largest absolute Gasteiger partial charge is 1.00 e. The minimum absolute atomic E-state index is 0. The molecular formula is C16H22NOSSi+. The lowest BCUT2D eigenvalue weighted by molar-refractivity contribution is 0.581. The van der Waals surface area contributed by atoms with Gasteiger partial charge in [0.25, 0.3) is 0 Å². The first-order valence-corrected chi connectivity index (χ1v) is 10.5. The van der Waals surface area contributed by atoms with Crippen molar-refractivity contribution in [1.82, 2.24) is 0 Å². The molecule has 1 aromatic carbocycles. The fraction of sp³-hybridized carbons (Fsp3) is 0.312. The molecule has 106 valence electrons. The molecule has 0 aliphatic rings. The van der Waals surface area contributed by atoms with E-state index in [9.17, 15) is 0 Å². The summed E-state index contributed by atoms with van der Waals surface area (Å²) in [6.45, 7) is 10.6. The summed E-state index contributed by atoms with van der Waals surface area (Å²) < 4.78 is 6.01. The van der Waals surface area contributed by atoms with Crippen LogP contribution < -0.4 is 4.43 Å². The van der Waals surface area contributed by atoms with Crippen molar-refractivity contribution in [3.8, 4) is 5.75 Å². The van der Waals surface area contributed by atoms with Crippen LogP contribution in [0.25, 0.3) is 0 Å². The molecule has 0 aliphatic carbocycles. The van der Waals surface area contributed by atoms with Crippen LogP contribution in [0.1, 0.15) is 24.4 Å². The van der Waals surface area contributed by atoms with E-state index in [4.69, 9.17) is 9.42 Å². The predicted octanol–water partition coefficient (Wildman–Crippen LogP) is 4.98. The van der Waals surface area contributed by atoms with E-state index >= 15 is 0 Å². The average molecular weight is 305 g/mol. The zero-order chi connectivity index (χ0) is 14.7. The van der Waals surface area contributed by atoms with Gasteiger partial charge in [-0.2, -0.15) is 0 Å². The predicted molar refractivity (Wildman–Crippen MR) is 92.7 cm³/mol. The van der Waals surface area contributed by atoms with Gasteiger partial charge in [0.1, 0.15) is 11.4 Å². The SMILES string of the molecule is CC(=Nc1ccc(C)cc1O[SiH](C)C)c1sccc1C.[H+]. The molecule has 20 heavy (non-hydrogen) atoms. The van der Waals surface area contributed by atoms with Gasteiger partial charge in [-0.1, -0.05) is 6.07 Å². The maximum Gasteiger partial charge on any atom is 1.00 e. The fourth-order valence-electron chi connectivity index (χ4n) is 2.04. The van der Waals surface area contributed by atoms with Gasteiger partial charge in [-0.3, -0.25) is 0 Å². The Hall–Kier alpha value is -1.39. The molecular weight excluding hydrogens is 282 g/mol. The molecule has 0 unspecified atom stereocenters. The Kier molecular flexibility index (Phi) is 4.78. The van der Waals surface area contributed by atoms with E-state index in [0.29, 0.717) is 0 Å². The van der Waals surface area contributed by atoms with Crippen LogP contribution in [0.4, 0.5) is 5.69 Å². The van der Waals surface area contributed by atoms with Crippen LogP contribution in [0.2, 0.25) is 13.1 Å². The van der Waals surface area contributed by atoms with Crippen LogP contribution >= 0.6 is 11.3 Å². The molecule has 0 saturated heterocycles. The molecule has 2 aromatic rings. The van der Waals surface area contributed by atoms with E-state index in [-0.39, 0.29) is 1.43 Å². The Balaban J connectivity index is 0.00000220. The van der Waals surface area contributed by atoms with Gasteiger partial charge < -0.3 is 4.43 Å². The van der Waals surface area contributed by atoms with Crippen molar-refractivity contribution in [1.29, 1.82) is 0 Å². The minimum Gasteiger partial charge on any atom is -0.546 e. The zero-order valence-electron chi connectivity index (χ0n) is 13.7. The number of thiophene rings is 1. The van der Waals surface area contributed by atoms with Gasteiger partial charge in [-0.15, -0.1) is 11.3 Å². The van der Waals surface area contributed by atoms with E-state index in [0.717, 1.165) is 17.1 Å². The number of hydrogen-bond donors (Lipinski definition) is 0. The van der Waals surface area contributed by atoms with E-state index in [1.165, 1.54) is 16.0 Å². The van der Waals surface area contributed by atoms with E-state index in [2.05, 4.69) is 57.4 Å². The first kappa shape index (κ1) is 15.0. The van der Waals surface area contributed by atoms with Crippen molar-refractivity contribution >= 4 is 31.8 Å². The summed E-state index contributed by atoms with van der Waals surface area (Å²) in [6, 6.07) is 8.35. The monoisotopic (exact) mass is 304 g/mol. The second-order valence-electron chi connectivity index (χ2n) is 5.27. The minimum atomic E-state index is -1.13. The molecule has 0 aliphatic heterocycles. The van der Waals surface area contributed by atoms with Crippen molar-refractivity contribution in [2.24, 2.45) is 4.99 Å². The topological polar surface area (TPSA) is 21.6 Å². The van der Waals surface area contributed by atoms with Crippen molar-refractivity contribution in [3.63, 3.8) is 0 Å². The van der Waals surface area contributed by atoms with Gasteiger partial charge in [0.2, 0.25) is 9.04 Å². The third-order valence-electron chi connectivity index (χ3n) is 2.96. The van der Waals surface area contributed by atoms with Crippen LogP contribution in [0.15, 0.2) is 34.6 Å². The standard InChI is InChI=1S/C16H21NOSSi/c1-11-6-7-14(15(10-11)18-20(4)5)17-13(3)16-12(2)8-9-19-16/h6-10,20H,1-5H3/p+1. The number of benzene rings is 1. The lowest BCUT2D eigenvalue weighted by Crippen LogP contribution is -2.11. The quantitative estimate of drug-likeness (QED) is 0.576. The van der Waals surface area contributed by atoms with Crippen LogP contribution in [0.3, 0.4) is 0 Å². The van der Waals surface area contributed by atoms with Gasteiger partial charge in [-0.25, -0.2) is 4.99 Å². The highest BCUT2D eigenvalue weighted by atomic mass is 32.1. The Bertz CT molecular complexity index is 637. The van der Waals surface area contributed by atoms with Crippen LogP contribution in [-0.4, -0.2) is 14.8 Å². The summed E-state index contributed by atoms with van der Waals surface area (Å²) >= 11 is 1.74. The third-order valence-corrected chi connectivity index (χ3v) is 4.81. The van der Waals surface area contributed by atoms with Crippen molar-refractivity contribution in [2.75, 3.05) is 0 Å². The highest BCUT2D eigenvalue weighted by Crippen LogP contribution is 2.30. The van der Waals surface area contributed by atoms with Gasteiger partial charge in [0.15, 0.2) is 0 Å². The lowest BCUT2D eigenvalue weighted by Gasteiger charge is -2.13. The summed E-state index contributed by atoms with van der Waals surface area (Å²) in [5.41, 5.74) is 4.47. The summed E-state index contributed by atoms with van der Waals surface area (Å²) in [5, 5.41) is 2.11. The van der Waals surface area contributed by atoms with E-state index in [1.54, 1.807) is 11.3 Å². The average Bonchev–Trinajstić information content (AvgIpc) is 2.78. The molecule has 2 rings (SSSR count). The Labute approximate surface area is 128 Å². The molecule has 2 nitrogen and oxygen atoms in total. The fourth-order valence-corrected chi connectivity index (χ4v) is 3.61. The number of aliphatic imine (C=N–C) groups is 1. The van der Waals surface area contributed by atoms with Crippen LogP contribution in [0.5, 0.6) is 5.75 Å². The summed E-state index contributed by atoms with van der Waals surface area (Å²) in [6.07, 6.45) is 0. The molecule has 0 N–H and O–H groups in total. The first-order valence-electron chi connectivity index (χ1n) is 6.84. The molecule has 0 radical (unpaired) electrons. The highest BCUT2D eigenvalue weighted by Gasteiger charge is 2.08. The highest BCUT2D eigenvalue weighted by molar-refractivity contribution is 7.12. The number of hydrogen-bond acceptors (Lipinski definition) is 3. The van der Waals surface area contributed by atoms with Gasteiger partial charge >= 0.3 is 1.43 Å². The van der Waals surface area contributed by atoms with Crippen molar-refractivity contribution < 1.29 is 5.85 Å². The molecule has 1 aromatic heterocycles. The summed E-state index contributed by atoms with van der Waals surface area (Å²) in [4.78, 5) is 6.03. The maximum atomic E-state index is 6.01. The second kappa shape index (κ2) is 6.37. The Morgan fingerprint density at radius 2 is 2.00 bits per heavy atom. The van der Waals surface area contributed by atoms with E-state index < -0.39 is 9.04 Å². The van der Waals surface area contributed by atoms with Gasteiger partial charge in [0, 0.05) is 0 Å². The van der Waals surface area contributed by atoms with Crippen LogP contribution in [-0.2, 0) is 0 Å². The third kappa shape index (κ3) is 3.58. The van der Waals surface area contributed by atoms with Gasteiger partial charge in [-0.05, 0) is 68.6 Å². The van der Waals surface area contributed by atoms with Crippen LogP contribution in [0, 0.1) is 13.8 Å². The molecule has 0 amide bonds. The Morgan fingerprint density at radius 1 is 1.25 bits per heavy atom. The molecule has 0 spiro atoms. The number of rotatable bonds is 4. The molecule has 0 saturated carbocycles. The zero-order valence-corrected chi connectivity index (χ0v) is 14.7. The van der Waals surface area contributed by atoms with Gasteiger partial charge in [0.05, 0.1) is 10.6 Å². The summed E-state index contributed by atoms with van der Waals surface area (Å²) in [5.74, 6) is 0.917. The molecule has 0 bridgehead atoms. The summed E-state index contributed by atoms with van der Waals surface area (Å²) in [7, 11) is -1.13. The molecule has 0 fully saturated rings. The normalized spacial score (nSPS) is 12.0. The maximum absolute atomic E-state index is 6.01. The van der Waals surface area contributed by atoms with Crippen molar-refractivity contribution in [3.05, 3.63) is 45.6 Å². The smallest absolute Gasteiger partial charge is 0.546 e. The first-order chi connectivity index (χ1) is 9.47. The molecule has 1 heterocycles. The molecule has 4 heteroatoms.